The first-order chi connectivity index (χ1) is 9.72. The summed E-state index contributed by atoms with van der Waals surface area (Å²) >= 11 is 0. The van der Waals surface area contributed by atoms with Crippen molar-refractivity contribution >= 4 is 5.97 Å². The number of ether oxygens (including phenoxy) is 2. The summed E-state index contributed by atoms with van der Waals surface area (Å²) in [6.45, 7) is 1.09. The molecule has 0 N–H and O–H groups in total. The molecule has 1 aromatic carbocycles. The van der Waals surface area contributed by atoms with Gasteiger partial charge in [0, 0.05) is 6.20 Å². The number of aromatic nitrogens is 2. The van der Waals surface area contributed by atoms with Gasteiger partial charge in [0.2, 0.25) is 0 Å². The fraction of sp³-hybridized carbons (Fsp3) is 0.214. The van der Waals surface area contributed by atoms with E-state index >= 15 is 0 Å². The third kappa shape index (κ3) is 1.89. The molecule has 2 aromatic rings. The van der Waals surface area contributed by atoms with Gasteiger partial charge in [0.1, 0.15) is 24.3 Å². The summed E-state index contributed by atoms with van der Waals surface area (Å²) in [4.78, 5) is 15.9. The van der Waals surface area contributed by atoms with Crippen molar-refractivity contribution in [1.29, 1.82) is 5.26 Å². The average Bonchev–Trinajstić information content (AvgIpc) is 2.82. The highest BCUT2D eigenvalue weighted by Crippen LogP contribution is 2.32. The quantitative estimate of drug-likeness (QED) is 0.735. The zero-order valence-corrected chi connectivity index (χ0v) is 10.8. The van der Waals surface area contributed by atoms with Crippen molar-refractivity contribution < 1.29 is 14.3 Å². The van der Waals surface area contributed by atoms with Crippen LogP contribution in [0.4, 0.5) is 0 Å². The topological polar surface area (TPSA) is 77.1 Å². The Morgan fingerprint density at radius 2 is 2.40 bits per heavy atom. The van der Waals surface area contributed by atoms with Crippen molar-refractivity contribution in [1.82, 2.24) is 9.55 Å². The van der Waals surface area contributed by atoms with Crippen molar-refractivity contribution in [2.24, 2.45) is 0 Å². The summed E-state index contributed by atoms with van der Waals surface area (Å²) in [5.74, 6) is 0.849. The second-order valence-electron chi connectivity index (χ2n) is 4.31. The maximum absolute atomic E-state index is 11.6. The van der Waals surface area contributed by atoms with Crippen LogP contribution >= 0.6 is 0 Å². The molecule has 0 saturated carbocycles. The molecule has 6 nitrogen and oxygen atoms in total. The number of hydrogen-bond donors (Lipinski definition) is 0. The zero-order chi connectivity index (χ0) is 14.1. The number of rotatable bonds is 1. The second kappa shape index (κ2) is 4.70. The molecule has 0 unspecified atom stereocenters. The van der Waals surface area contributed by atoms with Crippen molar-refractivity contribution in [3.63, 3.8) is 0 Å². The fourth-order valence-corrected chi connectivity index (χ4v) is 2.18. The van der Waals surface area contributed by atoms with E-state index in [-0.39, 0.29) is 0 Å². The number of methoxy groups -OCH3 is 1. The summed E-state index contributed by atoms with van der Waals surface area (Å²) < 4.78 is 12.2. The van der Waals surface area contributed by atoms with Crippen LogP contribution in [0.3, 0.4) is 0 Å². The summed E-state index contributed by atoms with van der Waals surface area (Å²) in [6, 6.07) is 7.06. The standard InChI is InChI=1S/C14H11N3O3/c1-19-14(18)9-2-3-12-11(6-9)13-16-10(7-15)8-17(13)4-5-20-12/h2-3,6,8H,4-5H2,1H3. The second-order valence-corrected chi connectivity index (χ2v) is 4.31. The molecular weight excluding hydrogens is 258 g/mol. The van der Waals surface area contributed by atoms with Gasteiger partial charge in [-0.1, -0.05) is 0 Å². The van der Waals surface area contributed by atoms with E-state index in [4.69, 9.17) is 14.7 Å². The van der Waals surface area contributed by atoms with Gasteiger partial charge in [-0.15, -0.1) is 0 Å². The molecule has 1 aliphatic rings. The van der Waals surface area contributed by atoms with Crippen molar-refractivity contribution in [3.8, 4) is 23.2 Å². The number of carbonyl (C=O) groups is 1. The normalized spacial score (nSPS) is 12.4. The predicted octanol–water partition coefficient (Wildman–Crippen LogP) is 1.60. The smallest absolute Gasteiger partial charge is 0.337 e. The highest BCUT2D eigenvalue weighted by atomic mass is 16.5. The molecule has 0 radical (unpaired) electrons. The lowest BCUT2D eigenvalue weighted by Gasteiger charge is -2.07. The van der Waals surface area contributed by atoms with E-state index in [2.05, 4.69) is 4.98 Å². The Kier molecular flexibility index (Phi) is 2.88. The first kappa shape index (κ1) is 12.2. The summed E-state index contributed by atoms with van der Waals surface area (Å²) in [7, 11) is 1.33. The first-order valence-corrected chi connectivity index (χ1v) is 6.05. The largest absolute Gasteiger partial charge is 0.491 e. The van der Waals surface area contributed by atoms with Crippen LogP contribution in [0.25, 0.3) is 11.4 Å². The number of benzene rings is 1. The van der Waals surface area contributed by atoms with E-state index in [1.54, 1.807) is 24.4 Å². The van der Waals surface area contributed by atoms with Crippen LogP contribution in [-0.2, 0) is 11.3 Å². The van der Waals surface area contributed by atoms with Crippen molar-refractivity contribution in [3.05, 3.63) is 35.7 Å². The van der Waals surface area contributed by atoms with Gasteiger partial charge in [-0.05, 0) is 18.2 Å². The highest BCUT2D eigenvalue weighted by molar-refractivity contribution is 5.91. The van der Waals surface area contributed by atoms with Crippen LogP contribution in [0.15, 0.2) is 24.4 Å². The van der Waals surface area contributed by atoms with Crippen LogP contribution < -0.4 is 4.74 Å². The van der Waals surface area contributed by atoms with Crippen LogP contribution in [0.5, 0.6) is 5.75 Å². The number of nitriles is 1. The van der Waals surface area contributed by atoms with Crippen molar-refractivity contribution in [2.45, 2.75) is 6.54 Å². The number of imidazole rings is 1. The molecule has 1 aromatic heterocycles. The minimum atomic E-state index is -0.421. The van der Waals surface area contributed by atoms with E-state index in [1.807, 2.05) is 10.6 Å². The molecular formula is C14H11N3O3. The van der Waals surface area contributed by atoms with Gasteiger partial charge in [0.05, 0.1) is 24.8 Å². The predicted molar refractivity (Wildman–Crippen MR) is 69.2 cm³/mol. The third-order valence-electron chi connectivity index (χ3n) is 3.12. The first-order valence-electron chi connectivity index (χ1n) is 6.05. The van der Waals surface area contributed by atoms with Crippen LogP contribution in [0.2, 0.25) is 0 Å². The summed E-state index contributed by atoms with van der Waals surface area (Å²) in [6.07, 6.45) is 1.68. The molecule has 20 heavy (non-hydrogen) atoms. The number of esters is 1. The molecule has 0 amide bonds. The van der Waals surface area contributed by atoms with Crippen LogP contribution in [-0.4, -0.2) is 29.2 Å². The maximum atomic E-state index is 11.6. The van der Waals surface area contributed by atoms with E-state index < -0.39 is 5.97 Å². The number of nitrogens with zero attached hydrogens (tertiary/aromatic N) is 3. The molecule has 2 heterocycles. The van der Waals surface area contributed by atoms with E-state index in [1.165, 1.54) is 7.11 Å². The average molecular weight is 269 g/mol. The molecule has 0 bridgehead atoms. The molecule has 3 rings (SSSR count). The van der Waals surface area contributed by atoms with Crippen LogP contribution in [0, 0.1) is 11.3 Å². The van der Waals surface area contributed by atoms with Gasteiger partial charge in [-0.3, -0.25) is 0 Å². The van der Waals surface area contributed by atoms with Crippen LogP contribution in [0.1, 0.15) is 16.1 Å². The third-order valence-corrected chi connectivity index (χ3v) is 3.12. The van der Waals surface area contributed by atoms with Gasteiger partial charge in [0.25, 0.3) is 0 Å². The maximum Gasteiger partial charge on any atom is 0.337 e. The summed E-state index contributed by atoms with van der Waals surface area (Å²) in [5.41, 5.74) is 1.45. The molecule has 100 valence electrons. The SMILES string of the molecule is COC(=O)c1ccc2c(c1)-c1nc(C#N)cn1CCO2. The van der Waals surface area contributed by atoms with Gasteiger partial charge < -0.3 is 14.0 Å². The zero-order valence-electron chi connectivity index (χ0n) is 10.8. The Bertz CT molecular complexity index is 728. The lowest BCUT2D eigenvalue weighted by Crippen LogP contribution is -2.04. The Morgan fingerprint density at radius 1 is 1.55 bits per heavy atom. The highest BCUT2D eigenvalue weighted by Gasteiger charge is 2.20. The number of carbonyl (C=O) groups excluding carboxylic acids is 1. The Labute approximate surface area is 115 Å². The van der Waals surface area contributed by atoms with E-state index in [9.17, 15) is 4.79 Å². The molecule has 0 atom stereocenters. The Morgan fingerprint density at radius 3 is 3.15 bits per heavy atom. The molecule has 0 spiro atoms. The Hall–Kier alpha value is -2.81. The lowest BCUT2D eigenvalue weighted by molar-refractivity contribution is 0.0601. The molecule has 0 aliphatic carbocycles. The van der Waals surface area contributed by atoms with E-state index in [0.29, 0.717) is 41.5 Å². The monoisotopic (exact) mass is 269 g/mol. The van der Waals surface area contributed by atoms with Crippen molar-refractivity contribution in [2.75, 3.05) is 13.7 Å². The van der Waals surface area contributed by atoms with Gasteiger partial charge in [-0.2, -0.15) is 5.26 Å². The molecule has 1 aliphatic heterocycles. The Balaban J connectivity index is 2.18. The van der Waals surface area contributed by atoms with Gasteiger partial charge in [-0.25, -0.2) is 9.78 Å². The van der Waals surface area contributed by atoms with Gasteiger partial charge in [0.15, 0.2) is 5.69 Å². The lowest BCUT2D eigenvalue weighted by atomic mass is 10.1. The molecule has 0 saturated heterocycles. The molecule has 6 heteroatoms. The minimum absolute atomic E-state index is 0.344. The number of fused-ring (bicyclic) bond motifs is 3. The fourth-order valence-electron chi connectivity index (χ4n) is 2.18. The number of hydrogen-bond acceptors (Lipinski definition) is 5. The minimum Gasteiger partial charge on any atom is -0.491 e. The summed E-state index contributed by atoms with van der Waals surface area (Å²) in [5, 5.41) is 8.95. The molecule has 0 fully saturated rings. The van der Waals surface area contributed by atoms with Gasteiger partial charge >= 0.3 is 5.97 Å². The van der Waals surface area contributed by atoms with E-state index in [0.717, 1.165) is 0 Å².